The third-order valence-corrected chi connectivity index (χ3v) is 6.70. The predicted molar refractivity (Wildman–Crippen MR) is 112 cm³/mol. The fourth-order valence-electron chi connectivity index (χ4n) is 4.89. The van der Waals surface area contributed by atoms with Crippen LogP contribution in [-0.2, 0) is 15.8 Å². The molecule has 0 bridgehead atoms. The molecular weight excluding hydrogens is 425 g/mol. The third kappa shape index (κ3) is 4.02. The van der Waals surface area contributed by atoms with E-state index in [0.717, 1.165) is 49.1 Å². The quantitative estimate of drug-likeness (QED) is 0.680. The van der Waals surface area contributed by atoms with E-state index < -0.39 is 41.2 Å². The third-order valence-electron chi connectivity index (χ3n) is 6.70. The molecule has 1 aromatic rings. The lowest BCUT2D eigenvalue weighted by molar-refractivity contribution is -0.137. The molecule has 32 heavy (non-hydrogen) atoms. The maximum atomic E-state index is 13.3. The van der Waals surface area contributed by atoms with E-state index in [1.165, 1.54) is 13.0 Å². The lowest BCUT2D eigenvalue weighted by atomic mass is 9.97. The number of urea groups is 1. The van der Waals surface area contributed by atoms with Crippen LogP contribution in [0.5, 0.6) is 0 Å². The summed E-state index contributed by atoms with van der Waals surface area (Å²) in [5, 5.41) is 5.28. The number of piperidine rings is 1. The number of nitrogens with zero attached hydrogens (tertiary/aromatic N) is 2. The maximum Gasteiger partial charge on any atom is 0.416 e. The Hall–Kier alpha value is -2.78. The van der Waals surface area contributed by atoms with Gasteiger partial charge >= 0.3 is 12.2 Å². The molecule has 2 saturated heterocycles. The summed E-state index contributed by atoms with van der Waals surface area (Å²) in [5.41, 5.74) is -1.30. The van der Waals surface area contributed by atoms with Crippen LogP contribution in [0.25, 0.3) is 0 Å². The second-order valence-electron chi connectivity index (χ2n) is 8.84. The number of anilines is 2. The number of alkyl halides is 3. The summed E-state index contributed by atoms with van der Waals surface area (Å²) in [4.78, 5) is 41.3. The van der Waals surface area contributed by atoms with Gasteiger partial charge in [-0.1, -0.05) is 12.8 Å². The Labute approximate surface area is 184 Å². The first kappa shape index (κ1) is 22.4. The van der Waals surface area contributed by atoms with Crippen LogP contribution in [0.15, 0.2) is 18.2 Å². The fourth-order valence-corrected chi connectivity index (χ4v) is 4.89. The molecule has 1 aliphatic carbocycles. The second kappa shape index (κ2) is 8.29. The number of nitrogens with one attached hydrogen (secondary N) is 2. The van der Waals surface area contributed by atoms with Gasteiger partial charge in [0.2, 0.25) is 5.91 Å². The van der Waals surface area contributed by atoms with Crippen LogP contribution < -0.4 is 15.5 Å². The zero-order chi connectivity index (χ0) is 23.1. The lowest BCUT2D eigenvalue weighted by Gasteiger charge is -2.31. The van der Waals surface area contributed by atoms with Crippen molar-refractivity contribution in [1.29, 1.82) is 0 Å². The molecule has 4 rings (SSSR count). The summed E-state index contributed by atoms with van der Waals surface area (Å²) in [7, 11) is 0. The molecular formula is C22H27F3N4O3. The van der Waals surface area contributed by atoms with Crippen molar-refractivity contribution in [2.24, 2.45) is 0 Å². The SMILES string of the molecule is CC(C(=O)Nc1cc(C(F)(F)F)ccc1N1CCCCC1)N1C(=O)NC2(CCCC2)C1=O. The van der Waals surface area contributed by atoms with Crippen molar-refractivity contribution in [2.45, 2.75) is 69.6 Å². The standard InChI is InChI=1S/C22H27F3N4O3/c1-14(29-19(31)21(27-20(29)32)9-3-4-10-21)18(30)26-16-13-15(22(23,24)25)7-8-17(16)28-11-5-2-6-12-28/h7-8,13-14H,2-6,9-12H2,1H3,(H,26,30)(H,27,32). The smallest absolute Gasteiger partial charge is 0.370 e. The first-order valence-electron chi connectivity index (χ1n) is 11.1. The van der Waals surface area contributed by atoms with Gasteiger partial charge in [0.1, 0.15) is 11.6 Å². The first-order chi connectivity index (χ1) is 15.1. The Bertz CT molecular complexity index is 921. The summed E-state index contributed by atoms with van der Waals surface area (Å²) >= 11 is 0. The first-order valence-corrected chi connectivity index (χ1v) is 11.1. The molecule has 0 radical (unpaired) electrons. The van der Waals surface area contributed by atoms with Gasteiger partial charge in [-0.25, -0.2) is 9.69 Å². The molecule has 7 nitrogen and oxygen atoms in total. The Morgan fingerprint density at radius 1 is 1.09 bits per heavy atom. The van der Waals surface area contributed by atoms with Crippen LogP contribution >= 0.6 is 0 Å². The molecule has 4 amide bonds. The number of imide groups is 1. The van der Waals surface area contributed by atoms with Crippen molar-refractivity contribution in [2.75, 3.05) is 23.3 Å². The molecule has 174 valence electrons. The van der Waals surface area contributed by atoms with Gasteiger partial charge < -0.3 is 15.5 Å². The molecule has 1 aromatic carbocycles. The maximum absolute atomic E-state index is 13.3. The number of rotatable bonds is 4. The van der Waals surface area contributed by atoms with E-state index in [0.29, 0.717) is 31.6 Å². The molecule has 2 aliphatic heterocycles. The highest BCUT2D eigenvalue weighted by Gasteiger charge is 2.54. The molecule has 2 heterocycles. The summed E-state index contributed by atoms with van der Waals surface area (Å²) < 4.78 is 40.0. The van der Waals surface area contributed by atoms with Gasteiger partial charge in [0, 0.05) is 13.1 Å². The Balaban J connectivity index is 1.58. The van der Waals surface area contributed by atoms with Crippen molar-refractivity contribution in [1.82, 2.24) is 10.2 Å². The number of amides is 4. The summed E-state index contributed by atoms with van der Waals surface area (Å²) in [6.07, 6.45) is 0.970. The Morgan fingerprint density at radius 2 is 1.75 bits per heavy atom. The zero-order valence-corrected chi connectivity index (χ0v) is 17.9. The minimum Gasteiger partial charge on any atom is -0.370 e. The van der Waals surface area contributed by atoms with Crippen LogP contribution in [0.1, 0.15) is 57.4 Å². The van der Waals surface area contributed by atoms with E-state index in [1.54, 1.807) is 0 Å². The Morgan fingerprint density at radius 3 is 2.38 bits per heavy atom. The van der Waals surface area contributed by atoms with E-state index in [4.69, 9.17) is 0 Å². The van der Waals surface area contributed by atoms with Crippen LogP contribution in [0.4, 0.5) is 29.3 Å². The molecule has 0 aromatic heterocycles. The van der Waals surface area contributed by atoms with Gasteiger partial charge in [-0.15, -0.1) is 0 Å². The van der Waals surface area contributed by atoms with Gasteiger partial charge in [-0.3, -0.25) is 9.59 Å². The molecule has 1 unspecified atom stereocenters. The average Bonchev–Trinajstić information content (AvgIpc) is 3.32. The lowest BCUT2D eigenvalue weighted by Crippen LogP contribution is -2.48. The Kier molecular flexibility index (Phi) is 5.81. The molecule has 3 aliphatic rings. The normalized spacial score (nSPS) is 21.8. The van der Waals surface area contributed by atoms with Gasteiger partial charge in [0.05, 0.1) is 16.9 Å². The minimum atomic E-state index is -4.56. The van der Waals surface area contributed by atoms with Crippen molar-refractivity contribution in [3.05, 3.63) is 23.8 Å². The predicted octanol–water partition coefficient (Wildman–Crippen LogP) is 3.89. The van der Waals surface area contributed by atoms with Crippen LogP contribution in [0.2, 0.25) is 0 Å². The molecule has 3 fully saturated rings. The van der Waals surface area contributed by atoms with E-state index >= 15 is 0 Å². The highest BCUT2D eigenvalue weighted by molar-refractivity contribution is 6.11. The molecule has 2 N–H and O–H groups in total. The zero-order valence-electron chi connectivity index (χ0n) is 17.9. The van der Waals surface area contributed by atoms with E-state index in [9.17, 15) is 27.6 Å². The van der Waals surface area contributed by atoms with Crippen molar-refractivity contribution >= 4 is 29.2 Å². The van der Waals surface area contributed by atoms with Gasteiger partial charge in [-0.2, -0.15) is 13.2 Å². The number of hydrogen-bond donors (Lipinski definition) is 2. The monoisotopic (exact) mass is 452 g/mol. The van der Waals surface area contributed by atoms with E-state index in [2.05, 4.69) is 10.6 Å². The second-order valence-corrected chi connectivity index (χ2v) is 8.84. The number of carbonyl (C=O) groups is 3. The number of hydrogen-bond acceptors (Lipinski definition) is 4. The molecule has 1 spiro atoms. The van der Waals surface area contributed by atoms with Crippen LogP contribution in [0, 0.1) is 0 Å². The summed E-state index contributed by atoms with van der Waals surface area (Å²) in [5.74, 6) is -1.15. The van der Waals surface area contributed by atoms with Gasteiger partial charge in [0.25, 0.3) is 5.91 Å². The highest BCUT2D eigenvalue weighted by atomic mass is 19.4. The highest BCUT2D eigenvalue weighted by Crippen LogP contribution is 2.38. The fraction of sp³-hybridized carbons (Fsp3) is 0.591. The van der Waals surface area contributed by atoms with Crippen LogP contribution in [0.3, 0.4) is 0 Å². The average molecular weight is 452 g/mol. The molecule has 1 atom stereocenters. The summed E-state index contributed by atoms with van der Waals surface area (Å²) in [6.45, 7) is 2.77. The molecule has 1 saturated carbocycles. The largest absolute Gasteiger partial charge is 0.416 e. The number of benzene rings is 1. The number of carbonyl (C=O) groups excluding carboxylic acids is 3. The van der Waals surface area contributed by atoms with Crippen molar-refractivity contribution in [3.8, 4) is 0 Å². The van der Waals surface area contributed by atoms with E-state index in [1.807, 2.05) is 4.90 Å². The number of halogens is 3. The van der Waals surface area contributed by atoms with Crippen molar-refractivity contribution < 1.29 is 27.6 Å². The van der Waals surface area contributed by atoms with Crippen molar-refractivity contribution in [3.63, 3.8) is 0 Å². The van der Waals surface area contributed by atoms with Gasteiger partial charge in [-0.05, 0) is 57.2 Å². The summed E-state index contributed by atoms with van der Waals surface area (Å²) in [6, 6.07) is 1.49. The van der Waals surface area contributed by atoms with E-state index in [-0.39, 0.29) is 5.69 Å². The molecule has 10 heteroatoms. The minimum absolute atomic E-state index is 0.0289. The van der Waals surface area contributed by atoms with Crippen LogP contribution in [-0.4, -0.2) is 47.4 Å². The topological polar surface area (TPSA) is 81.8 Å². The van der Waals surface area contributed by atoms with Gasteiger partial charge in [0.15, 0.2) is 0 Å².